The third-order valence-electron chi connectivity index (χ3n) is 6.45. The van der Waals surface area contributed by atoms with Gasteiger partial charge in [0.25, 0.3) is 0 Å². The third-order valence-corrected chi connectivity index (χ3v) is 6.45. The minimum Gasteiger partial charge on any atom is -0.444 e. The zero-order chi connectivity index (χ0) is 24.5. The Morgan fingerprint density at radius 1 is 0.444 bits per heavy atom. The number of hydrogen-bond donors (Lipinski definition) is 0. The summed E-state index contributed by atoms with van der Waals surface area (Å²) in [5, 5.41) is 0. The minimum absolute atomic E-state index is 0.640. The normalized spacial score (nSPS) is 11.1. The zero-order valence-corrected chi connectivity index (χ0v) is 20.1. The molecule has 174 valence electrons. The number of rotatable bonds is 5. The standard InChI is InChI=1S/C32H24N2O2/c1-21-7-3-5-9-27(21)31-33-29(19-35-31)25-15-11-23(12-16-25)24-13-17-26(18-14-24)30-20-36-32(34-30)28-10-6-4-8-22(28)2/h3-20H,1-2H3. The Balaban J connectivity index is 1.20. The predicted molar refractivity (Wildman–Crippen MR) is 143 cm³/mol. The summed E-state index contributed by atoms with van der Waals surface area (Å²) in [7, 11) is 0. The Bertz CT molecular complexity index is 1520. The molecule has 2 aromatic heterocycles. The molecule has 0 unspecified atom stereocenters. The average molecular weight is 469 g/mol. The lowest BCUT2D eigenvalue weighted by Crippen LogP contribution is -1.85. The molecule has 0 atom stereocenters. The van der Waals surface area contributed by atoms with Crippen LogP contribution in [0.2, 0.25) is 0 Å². The SMILES string of the molecule is Cc1ccccc1-c1nc(-c2ccc(-c3ccc(-c4coc(-c5ccccc5C)n4)cc3)cc2)co1. The topological polar surface area (TPSA) is 52.1 Å². The summed E-state index contributed by atoms with van der Waals surface area (Å²) >= 11 is 0. The van der Waals surface area contributed by atoms with E-state index in [9.17, 15) is 0 Å². The first-order valence-electron chi connectivity index (χ1n) is 11.9. The number of benzene rings is 4. The summed E-state index contributed by atoms with van der Waals surface area (Å²) in [4.78, 5) is 9.41. The van der Waals surface area contributed by atoms with Gasteiger partial charge in [-0.3, -0.25) is 0 Å². The Labute approximate surface area is 209 Å². The van der Waals surface area contributed by atoms with Gasteiger partial charge in [-0.25, -0.2) is 9.97 Å². The smallest absolute Gasteiger partial charge is 0.226 e. The first-order valence-corrected chi connectivity index (χ1v) is 11.9. The van der Waals surface area contributed by atoms with Crippen LogP contribution in [0.25, 0.3) is 56.6 Å². The lowest BCUT2D eigenvalue weighted by molar-refractivity contribution is 0.574. The lowest BCUT2D eigenvalue weighted by atomic mass is 10.0. The molecule has 4 heteroatoms. The molecule has 0 bridgehead atoms. The number of aromatic nitrogens is 2. The molecule has 4 aromatic carbocycles. The van der Waals surface area contributed by atoms with Crippen LogP contribution < -0.4 is 0 Å². The molecule has 0 saturated heterocycles. The van der Waals surface area contributed by atoms with Gasteiger partial charge in [-0.1, -0.05) is 84.9 Å². The van der Waals surface area contributed by atoms with E-state index in [-0.39, 0.29) is 0 Å². The van der Waals surface area contributed by atoms with Crippen molar-refractivity contribution in [1.82, 2.24) is 9.97 Å². The molecular formula is C32H24N2O2. The van der Waals surface area contributed by atoms with Gasteiger partial charge < -0.3 is 8.83 Å². The predicted octanol–water partition coefficient (Wildman–Crippen LogP) is 8.61. The van der Waals surface area contributed by atoms with Crippen LogP contribution in [-0.2, 0) is 0 Å². The summed E-state index contributed by atoms with van der Waals surface area (Å²) in [6.45, 7) is 4.12. The summed E-state index contributed by atoms with van der Waals surface area (Å²) in [5.41, 5.74) is 10.3. The molecule has 6 aromatic rings. The second-order valence-corrected chi connectivity index (χ2v) is 8.86. The second-order valence-electron chi connectivity index (χ2n) is 8.86. The molecule has 0 spiro atoms. The summed E-state index contributed by atoms with van der Waals surface area (Å²) in [6.07, 6.45) is 3.43. The molecule has 0 aliphatic rings. The summed E-state index contributed by atoms with van der Waals surface area (Å²) in [5.74, 6) is 1.28. The minimum atomic E-state index is 0.640. The van der Waals surface area contributed by atoms with Gasteiger partial charge in [0, 0.05) is 22.3 Å². The van der Waals surface area contributed by atoms with E-state index in [1.54, 1.807) is 12.5 Å². The molecule has 0 saturated carbocycles. The molecule has 2 heterocycles. The van der Waals surface area contributed by atoms with Gasteiger partial charge in [0.15, 0.2) is 0 Å². The Hall–Kier alpha value is -4.70. The lowest BCUT2D eigenvalue weighted by Gasteiger charge is -2.04. The van der Waals surface area contributed by atoms with E-state index < -0.39 is 0 Å². The van der Waals surface area contributed by atoms with E-state index in [1.165, 1.54) is 0 Å². The van der Waals surface area contributed by atoms with Crippen molar-refractivity contribution in [3.63, 3.8) is 0 Å². The molecule has 6 rings (SSSR count). The fraction of sp³-hybridized carbons (Fsp3) is 0.0625. The van der Waals surface area contributed by atoms with Gasteiger partial charge in [-0.05, 0) is 48.2 Å². The van der Waals surface area contributed by atoms with Crippen molar-refractivity contribution in [2.75, 3.05) is 0 Å². The maximum atomic E-state index is 5.77. The number of nitrogens with zero attached hydrogens (tertiary/aromatic N) is 2. The van der Waals surface area contributed by atoms with E-state index in [1.807, 2.05) is 36.4 Å². The Kier molecular flexibility index (Phi) is 5.55. The number of aryl methyl sites for hydroxylation is 2. The van der Waals surface area contributed by atoms with Crippen LogP contribution in [0.15, 0.2) is 118 Å². The van der Waals surface area contributed by atoms with E-state index in [0.717, 1.165) is 55.9 Å². The van der Waals surface area contributed by atoms with Gasteiger partial charge in [-0.2, -0.15) is 0 Å². The van der Waals surface area contributed by atoms with E-state index in [0.29, 0.717) is 11.8 Å². The second kappa shape index (κ2) is 9.16. The number of oxazole rings is 2. The highest BCUT2D eigenvalue weighted by Crippen LogP contribution is 2.31. The van der Waals surface area contributed by atoms with Crippen LogP contribution in [0.5, 0.6) is 0 Å². The summed E-state index contributed by atoms with van der Waals surface area (Å²) < 4.78 is 11.5. The van der Waals surface area contributed by atoms with Crippen molar-refractivity contribution in [2.45, 2.75) is 13.8 Å². The average Bonchev–Trinajstić information content (AvgIpc) is 3.60. The first kappa shape index (κ1) is 21.8. The van der Waals surface area contributed by atoms with Gasteiger partial charge >= 0.3 is 0 Å². The third kappa shape index (κ3) is 4.14. The molecule has 36 heavy (non-hydrogen) atoms. The van der Waals surface area contributed by atoms with Crippen molar-refractivity contribution < 1.29 is 8.83 Å². The Morgan fingerprint density at radius 3 is 1.19 bits per heavy atom. The van der Waals surface area contributed by atoms with E-state index in [4.69, 9.17) is 18.8 Å². The zero-order valence-electron chi connectivity index (χ0n) is 20.1. The van der Waals surface area contributed by atoms with Crippen molar-refractivity contribution in [1.29, 1.82) is 0 Å². The van der Waals surface area contributed by atoms with Crippen molar-refractivity contribution in [2.24, 2.45) is 0 Å². The van der Waals surface area contributed by atoms with Gasteiger partial charge in [-0.15, -0.1) is 0 Å². The van der Waals surface area contributed by atoms with Crippen molar-refractivity contribution >= 4 is 0 Å². The fourth-order valence-corrected chi connectivity index (χ4v) is 4.35. The van der Waals surface area contributed by atoms with Crippen LogP contribution in [0.1, 0.15) is 11.1 Å². The van der Waals surface area contributed by atoms with E-state index >= 15 is 0 Å². The van der Waals surface area contributed by atoms with Crippen LogP contribution in [0.4, 0.5) is 0 Å². The molecule has 4 nitrogen and oxygen atoms in total. The highest BCUT2D eigenvalue weighted by Gasteiger charge is 2.12. The molecular weight excluding hydrogens is 444 g/mol. The van der Waals surface area contributed by atoms with Crippen LogP contribution in [0.3, 0.4) is 0 Å². The van der Waals surface area contributed by atoms with Gasteiger partial charge in [0.1, 0.15) is 23.9 Å². The van der Waals surface area contributed by atoms with Crippen LogP contribution in [0, 0.1) is 13.8 Å². The van der Waals surface area contributed by atoms with Crippen molar-refractivity contribution in [3.8, 4) is 56.6 Å². The molecule has 0 N–H and O–H groups in total. The monoisotopic (exact) mass is 468 g/mol. The maximum absolute atomic E-state index is 5.77. The van der Waals surface area contributed by atoms with Crippen molar-refractivity contribution in [3.05, 3.63) is 121 Å². The molecule has 0 radical (unpaired) electrons. The summed E-state index contributed by atoms with van der Waals surface area (Å²) in [6, 6.07) is 33.0. The van der Waals surface area contributed by atoms with E-state index in [2.05, 4.69) is 74.5 Å². The molecule has 0 aliphatic carbocycles. The molecule has 0 fully saturated rings. The van der Waals surface area contributed by atoms with Gasteiger partial charge in [0.2, 0.25) is 11.8 Å². The van der Waals surface area contributed by atoms with Gasteiger partial charge in [0.05, 0.1) is 0 Å². The Morgan fingerprint density at radius 2 is 0.806 bits per heavy atom. The first-order chi connectivity index (χ1) is 17.7. The largest absolute Gasteiger partial charge is 0.444 e. The maximum Gasteiger partial charge on any atom is 0.226 e. The molecule has 0 amide bonds. The highest BCUT2D eigenvalue weighted by atomic mass is 16.3. The van der Waals surface area contributed by atoms with Crippen LogP contribution in [-0.4, -0.2) is 9.97 Å². The number of hydrogen-bond acceptors (Lipinski definition) is 4. The molecule has 0 aliphatic heterocycles. The quantitative estimate of drug-likeness (QED) is 0.254. The van der Waals surface area contributed by atoms with Crippen LogP contribution >= 0.6 is 0 Å². The highest BCUT2D eigenvalue weighted by molar-refractivity contribution is 5.72. The fourth-order valence-electron chi connectivity index (χ4n) is 4.35.